The molecule has 1 aromatic carbocycles. The molecule has 2 aromatic heterocycles. The largest absolute Gasteiger partial charge is 0.454 e. The third kappa shape index (κ3) is 3.35. The summed E-state index contributed by atoms with van der Waals surface area (Å²) < 4.78 is 16.4. The Balaban J connectivity index is 1.23. The number of carbonyl (C=O) groups excluding carboxylic acids is 1. The van der Waals surface area contributed by atoms with Gasteiger partial charge in [-0.05, 0) is 42.5 Å². The van der Waals surface area contributed by atoms with Gasteiger partial charge in [0.2, 0.25) is 18.6 Å². The van der Waals surface area contributed by atoms with Crippen LogP contribution in [0.1, 0.15) is 23.8 Å². The number of nitrogens with zero attached hydrogens (tertiary/aromatic N) is 3. The molecular formula is C19H17N3O4S2. The van der Waals surface area contributed by atoms with Crippen molar-refractivity contribution in [3.63, 3.8) is 0 Å². The van der Waals surface area contributed by atoms with Gasteiger partial charge in [-0.1, -0.05) is 17.8 Å². The Kier molecular flexibility index (Phi) is 4.69. The highest BCUT2D eigenvalue weighted by Crippen LogP contribution is 2.37. The van der Waals surface area contributed by atoms with Gasteiger partial charge >= 0.3 is 0 Å². The van der Waals surface area contributed by atoms with Crippen LogP contribution in [-0.4, -0.2) is 40.1 Å². The molecule has 0 unspecified atom stereocenters. The summed E-state index contributed by atoms with van der Waals surface area (Å²) in [6.45, 7) is 1.02. The Labute approximate surface area is 169 Å². The van der Waals surface area contributed by atoms with Crippen molar-refractivity contribution in [2.75, 3.05) is 19.1 Å². The van der Waals surface area contributed by atoms with Gasteiger partial charge < -0.3 is 18.8 Å². The number of thiophene rings is 1. The number of thioether (sulfide) groups is 1. The van der Waals surface area contributed by atoms with Crippen molar-refractivity contribution in [3.8, 4) is 23.0 Å². The molecule has 0 spiro atoms. The fourth-order valence-corrected chi connectivity index (χ4v) is 4.99. The maximum absolute atomic E-state index is 12.7. The van der Waals surface area contributed by atoms with Crippen molar-refractivity contribution in [1.82, 2.24) is 15.1 Å². The smallest absolute Gasteiger partial charge is 0.277 e. The molecule has 0 radical (unpaired) electrons. The number of hydrogen-bond donors (Lipinski definition) is 0. The van der Waals surface area contributed by atoms with E-state index in [1.807, 2.05) is 29.2 Å². The van der Waals surface area contributed by atoms with Gasteiger partial charge in [-0.25, -0.2) is 0 Å². The molecule has 144 valence electrons. The van der Waals surface area contributed by atoms with Crippen LogP contribution in [0.2, 0.25) is 0 Å². The minimum atomic E-state index is 0.101. The molecule has 2 aliphatic heterocycles. The van der Waals surface area contributed by atoms with Gasteiger partial charge in [-0.15, -0.1) is 21.5 Å². The molecule has 4 heterocycles. The van der Waals surface area contributed by atoms with Crippen LogP contribution in [0.5, 0.6) is 11.5 Å². The second kappa shape index (κ2) is 7.48. The second-order valence-corrected chi connectivity index (χ2v) is 8.40. The average molecular weight is 415 g/mol. The third-order valence-corrected chi connectivity index (χ3v) is 6.57. The summed E-state index contributed by atoms with van der Waals surface area (Å²) in [6.07, 6.45) is 2.06. The molecule has 3 aromatic rings. The van der Waals surface area contributed by atoms with Crippen molar-refractivity contribution in [2.45, 2.75) is 24.1 Å². The van der Waals surface area contributed by atoms with Gasteiger partial charge in [0.1, 0.15) is 0 Å². The van der Waals surface area contributed by atoms with Crippen LogP contribution < -0.4 is 9.47 Å². The standard InChI is InChI=1S/C19H17N3O4S2/c23-17(22-7-1-3-13(22)16-4-2-8-27-16)10-28-19-21-20-18(26-19)12-5-6-14-15(9-12)25-11-24-14/h2,4-6,8-9,13H,1,3,7,10-11H2/t13-/m0/s1. The SMILES string of the molecule is O=C(CSc1nnc(-c2ccc3c(c2)OCO3)o1)N1CCC[C@H]1c1cccs1. The third-order valence-electron chi connectivity index (χ3n) is 4.79. The number of amides is 1. The van der Waals surface area contributed by atoms with E-state index in [9.17, 15) is 4.79 Å². The summed E-state index contributed by atoms with van der Waals surface area (Å²) in [7, 11) is 0. The fourth-order valence-electron chi connectivity index (χ4n) is 3.46. The molecular weight excluding hydrogens is 398 g/mol. The number of benzene rings is 1. The molecule has 28 heavy (non-hydrogen) atoms. The van der Waals surface area contributed by atoms with Gasteiger partial charge in [-0.3, -0.25) is 4.79 Å². The van der Waals surface area contributed by atoms with E-state index in [2.05, 4.69) is 21.6 Å². The summed E-state index contributed by atoms with van der Waals surface area (Å²) >= 11 is 2.98. The van der Waals surface area contributed by atoms with Crippen molar-refractivity contribution in [2.24, 2.45) is 0 Å². The van der Waals surface area contributed by atoms with Crippen LogP contribution in [-0.2, 0) is 4.79 Å². The van der Waals surface area contributed by atoms with Crippen LogP contribution in [0, 0.1) is 0 Å². The van der Waals surface area contributed by atoms with Crippen LogP contribution >= 0.6 is 23.1 Å². The van der Waals surface area contributed by atoms with E-state index in [1.54, 1.807) is 11.3 Å². The van der Waals surface area contributed by atoms with E-state index in [0.29, 0.717) is 22.6 Å². The van der Waals surface area contributed by atoms with E-state index in [1.165, 1.54) is 16.6 Å². The molecule has 0 aliphatic carbocycles. The van der Waals surface area contributed by atoms with E-state index >= 15 is 0 Å². The van der Waals surface area contributed by atoms with Gasteiger partial charge in [0, 0.05) is 17.0 Å². The lowest BCUT2D eigenvalue weighted by Gasteiger charge is -2.23. The zero-order chi connectivity index (χ0) is 18.9. The van der Waals surface area contributed by atoms with Crippen LogP contribution in [0.3, 0.4) is 0 Å². The topological polar surface area (TPSA) is 77.7 Å². The van der Waals surface area contributed by atoms with Crippen molar-refractivity contribution >= 4 is 29.0 Å². The van der Waals surface area contributed by atoms with E-state index in [-0.39, 0.29) is 24.5 Å². The number of likely N-dealkylation sites (tertiary alicyclic amines) is 1. The second-order valence-electron chi connectivity index (χ2n) is 6.49. The molecule has 2 aliphatic rings. The molecule has 0 N–H and O–H groups in total. The Morgan fingerprint density at radius 1 is 1.25 bits per heavy atom. The Bertz CT molecular complexity index is 989. The lowest BCUT2D eigenvalue weighted by Crippen LogP contribution is -2.31. The Hall–Kier alpha value is -2.52. The number of ether oxygens (including phenoxy) is 2. The maximum atomic E-state index is 12.7. The number of rotatable bonds is 5. The summed E-state index contributed by atoms with van der Waals surface area (Å²) in [5.74, 6) is 2.14. The molecule has 1 saturated heterocycles. The maximum Gasteiger partial charge on any atom is 0.277 e. The molecule has 1 atom stereocenters. The molecule has 1 amide bonds. The summed E-state index contributed by atoms with van der Waals surface area (Å²) in [4.78, 5) is 15.9. The number of hydrogen-bond acceptors (Lipinski definition) is 8. The first-order chi connectivity index (χ1) is 13.8. The lowest BCUT2D eigenvalue weighted by atomic mass is 10.2. The van der Waals surface area contributed by atoms with E-state index < -0.39 is 0 Å². The van der Waals surface area contributed by atoms with E-state index in [0.717, 1.165) is 24.9 Å². The number of aromatic nitrogens is 2. The quantitative estimate of drug-likeness (QED) is 0.583. The summed E-state index contributed by atoms with van der Waals surface area (Å²) in [5.41, 5.74) is 0.757. The van der Waals surface area contributed by atoms with Gasteiger partial charge in [0.05, 0.1) is 11.8 Å². The molecule has 0 bridgehead atoms. The van der Waals surface area contributed by atoms with Crippen molar-refractivity contribution in [1.29, 1.82) is 0 Å². The van der Waals surface area contributed by atoms with E-state index in [4.69, 9.17) is 13.9 Å². The van der Waals surface area contributed by atoms with Gasteiger partial charge in [0.15, 0.2) is 11.5 Å². The molecule has 7 nitrogen and oxygen atoms in total. The summed E-state index contributed by atoms with van der Waals surface area (Å²) in [6, 6.07) is 9.80. The summed E-state index contributed by atoms with van der Waals surface area (Å²) in [5, 5.41) is 10.6. The van der Waals surface area contributed by atoms with Crippen LogP contribution in [0.25, 0.3) is 11.5 Å². The number of fused-ring (bicyclic) bond motifs is 1. The Morgan fingerprint density at radius 3 is 3.07 bits per heavy atom. The van der Waals surface area contributed by atoms with Crippen LogP contribution in [0.4, 0.5) is 0 Å². The predicted octanol–water partition coefficient (Wildman–Crippen LogP) is 3.98. The van der Waals surface area contributed by atoms with Gasteiger partial charge in [0.25, 0.3) is 5.22 Å². The molecule has 1 fully saturated rings. The fraction of sp³-hybridized carbons (Fsp3) is 0.316. The first kappa shape index (κ1) is 17.6. The van der Waals surface area contributed by atoms with Crippen molar-refractivity contribution < 1.29 is 18.7 Å². The van der Waals surface area contributed by atoms with Gasteiger partial charge in [-0.2, -0.15) is 0 Å². The highest BCUT2D eigenvalue weighted by atomic mass is 32.2. The normalized spacial score (nSPS) is 18.0. The lowest BCUT2D eigenvalue weighted by molar-refractivity contribution is -0.129. The average Bonchev–Trinajstić information content (AvgIpc) is 3.51. The zero-order valence-electron chi connectivity index (χ0n) is 14.9. The molecule has 9 heteroatoms. The predicted molar refractivity (Wildman–Crippen MR) is 105 cm³/mol. The number of carbonyl (C=O) groups is 1. The Morgan fingerprint density at radius 2 is 2.18 bits per heavy atom. The highest BCUT2D eigenvalue weighted by molar-refractivity contribution is 7.99. The first-order valence-corrected chi connectivity index (χ1v) is 10.8. The minimum absolute atomic E-state index is 0.101. The molecule has 0 saturated carbocycles. The minimum Gasteiger partial charge on any atom is -0.454 e. The highest BCUT2D eigenvalue weighted by Gasteiger charge is 2.30. The first-order valence-electron chi connectivity index (χ1n) is 8.97. The zero-order valence-corrected chi connectivity index (χ0v) is 16.5. The monoisotopic (exact) mass is 415 g/mol. The van der Waals surface area contributed by atoms with Crippen molar-refractivity contribution in [3.05, 3.63) is 40.6 Å². The molecule has 5 rings (SSSR count). The van der Waals surface area contributed by atoms with Crippen LogP contribution in [0.15, 0.2) is 45.4 Å².